The molecule has 2 heterocycles. The molecule has 1 atom stereocenters. The number of para-hydroxylation sites is 1. The summed E-state index contributed by atoms with van der Waals surface area (Å²) >= 11 is 0. The van der Waals surface area contributed by atoms with Gasteiger partial charge in [-0.3, -0.25) is 4.79 Å². The van der Waals surface area contributed by atoms with Crippen LogP contribution in [0.4, 0.5) is 5.82 Å². The lowest BCUT2D eigenvalue weighted by molar-refractivity contribution is -0.141. The average molecular weight is 370 g/mol. The van der Waals surface area contributed by atoms with Crippen molar-refractivity contribution in [3.63, 3.8) is 0 Å². The Labute approximate surface area is 159 Å². The number of aromatic nitrogens is 2. The van der Waals surface area contributed by atoms with Gasteiger partial charge >= 0.3 is 0 Å². The van der Waals surface area contributed by atoms with E-state index in [-0.39, 0.29) is 17.6 Å². The van der Waals surface area contributed by atoms with E-state index in [0.29, 0.717) is 43.9 Å². The van der Waals surface area contributed by atoms with E-state index in [1.807, 2.05) is 32.0 Å². The lowest BCUT2D eigenvalue weighted by atomic mass is 10.0. The van der Waals surface area contributed by atoms with Gasteiger partial charge in [-0.25, -0.2) is 9.97 Å². The Balaban J connectivity index is 1.66. The number of amides is 1. The van der Waals surface area contributed by atoms with Crippen LogP contribution in [0.15, 0.2) is 36.7 Å². The highest BCUT2D eigenvalue weighted by molar-refractivity contribution is 5.81. The molecule has 1 saturated heterocycles. The first kappa shape index (κ1) is 19.1. The van der Waals surface area contributed by atoms with Crippen LogP contribution in [-0.2, 0) is 4.79 Å². The molecule has 2 N–H and O–H groups in total. The summed E-state index contributed by atoms with van der Waals surface area (Å²) in [4.78, 5) is 24.8. The highest BCUT2D eigenvalue weighted by Gasteiger charge is 2.27. The van der Waals surface area contributed by atoms with E-state index < -0.39 is 6.10 Å². The van der Waals surface area contributed by atoms with Crippen molar-refractivity contribution >= 4 is 11.7 Å². The van der Waals surface area contributed by atoms with Crippen LogP contribution in [0.1, 0.15) is 20.3 Å². The van der Waals surface area contributed by atoms with Crippen LogP contribution in [0, 0.1) is 5.92 Å². The van der Waals surface area contributed by atoms with Gasteiger partial charge in [0.25, 0.3) is 5.91 Å². The zero-order chi connectivity index (χ0) is 19.4. The van der Waals surface area contributed by atoms with Gasteiger partial charge in [-0.05, 0) is 24.5 Å². The van der Waals surface area contributed by atoms with Crippen LogP contribution >= 0.6 is 0 Å². The van der Waals surface area contributed by atoms with E-state index in [4.69, 9.17) is 0 Å². The van der Waals surface area contributed by atoms with Crippen molar-refractivity contribution in [2.24, 2.45) is 5.92 Å². The van der Waals surface area contributed by atoms with Gasteiger partial charge in [-0.15, -0.1) is 0 Å². The van der Waals surface area contributed by atoms with E-state index in [2.05, 4.69) is 14.9 Å². The average Bonchev–Trinajstić information content (AvgIpc) is 2.67. The predicted molar refractivity (Wildman–Crippen MR) is 103 cm³/mol. The quantitative estimate of drug-likeness (QED) is 0.836. The van der Waals surface area contributed by atoms with E-state index >= 15 is 0 Å². The number of nitrogens with zero attached hydrogens (tertiary/aromatic N) is 4. The molecule has 0 radical (unpaired) electrons. The van der Waals surface area contributed by atoms with Gasteiger partial charge in [0.1, 0.15) is 24.0 Å². The minimum absolute atomic E-state index is 0.178. The topological polar surface area (TPSA) is 89.8 Å². The minimum atomic E-state index is -0.928. The molecule has 0 bridgehead atoms. The van der Waals surface area contributed by atoms with Gasteiger partial charge in [-0.2, -0.15) is 0 Å². The number of rotatable bonds is 5. The number of phenols is 1. The van der Waals surface area contributed by atoms with Gasteiger partial charge < -0.3 is 20.0 Å². The number of aliphatic hydroxyl groups excluding tert-OH is 1. The molecule has 2 aromatic rings. The van der Waals surface area contributed by atoms with E-state index in [1.54, 1.807) is 17.0 Å². The van der Waals surface area contributed by atoms with Crippen LogP contribution in [0.5, 0.6) is 5.75 Å². The molecule has 144 valence electrons. The molecule has 1 aromatic heterocycles. The van der Waals surface area contributed by atoms with Crippen molar-refractivity contribution in [3.05, 3.63) is 36.7 Å². The summed E-state index contributed by atoms with van der Waals surface area (Å²) in [5.41, 5.74) is 1.32. The molecule has 0 saturated carbocycles. The zero-order valence-corrected chi connectivity index (χ0v) is 15.7. The zero-order valence-electron chi connectivity index (χ0n) is 15.7. The number of aliphatic hydroxyl groups is 1. The second-order valence-corrected chi connectivity index (χ2v) is 7.24. The van der Waals surface area contributed by atoms with Crippen LogP contribution in [-0.4, -0.2) is 63.3 Å². The molecule has 3 rings (SSSR count). The summed E-state index contributed by atoms with van der Waals surface area (Å²) in [6.45, 7) is 6.35. The Bertz CT molecular complexity index is 788. The van der Waals surface area contributed by atoms with Crippen molar-refractivity contribution in [3.8, 4) is 17.0 Å². The Kier molecular flexibility index (Phi) is 5.91. The number of aromatic hydroxyl groups is 1. The Morgan fingerprint density at radius 3 is 2.52 bits per heavy atom. The maximum Gasteiger partial charge on any atom is 0.251 e. The second kappa shape index (κ2) is 8.35. The van der Waals surface area contributed by atoms with Crippen LogP contribution in [0.25, 0.3) is 11.3 Å². The van der Waals surface area contributed by atoms with Crippen LogP contribution < -0.4 is 4.90 Å². The number of phenolic OH excluding ortho intramolecular Hbond substituents is 1. The summed E-state index contributed by atoms with van der Waals surface area (Å²) in [5.74, 6) is 1.02. The molecule has 1 unspecified atom stereocenters. The third-order valence-electron chi connectivity index (χ3n) is 4.73. The van der Waals surface area contributed by atoms with E-state index in [0.717, 1.165) is 5.82 Å². The van der Waals surface area contributed by atoms with Crippen molar-refractivity contribution in [2.75, 3.05) is 31.1 Å². The standard InChI is InChI=1S/C20H26N4O3/c1-14(2)11-18(26)20(27)24-9-7-23(8-10-24)19-12-16(21-13-22-19)15-5-3-4-6-17(15)25/h3-6,12-14,18,25-26H,7-11H2,1-2H3. The maximum atomic E-state index is 12.4. The third kappa shape index (κ3) is 4.54. The van der Waals surface area contributed by atoms with Crippen LogP contribution in [0.2, 0.25) is 0 Å². The number of carbonyl (C=O) groups is 1. The SMILES string of the molecule is CC(C)CC(O)C(=O)N1CCN(c2cc(-c3ccccc3O)ncn2)CC1. The molecule has 0 aliphatic carbocycles. The van der Waals surface area contributed by atoms with Gasteiger partial charge in [-0.1, -0.05) is 26.0 Å². The van der Waals surface area contributed by atoms with Crippen molar-refractivity contribution < 1.29 is 15.0 Å². The number of piperazine rings is 1. The summed E-state index contributed by atoms with van der Waals surface area (Å²) in [5, 5.41) is 20.1. The highest BCUT2D eigenvalue weighted by atomic mass is 16.3. The maximum absolute atomic E-state index is 12.4. The number of hydrogen-bond donors (Lipinski definition) is 2. The monoisotopic (exact) mass is 370 g/mol. The minimum Gasteiger partial charge on any atom is -0.507 e. The first-order valence-corrected chi connectivity index (χ1v) is 9.28. The van der Waals surface area contributed by atoms with Gasteiger partial charge in [0.2, 0.25) is 0 Å². The molecule has 7 nitrogen and oxygen atoms in total. The second-order valence-electron chi connectivity index (χ2n) is 7.24. The molecule has 1 aliphatic heterocycles. The lowest BCUT2D eigenvalue weighted by Gasteiger charge is -2.36. The summed E-state index contributed by atoms with van der Waals surface area (Å²) in [7, 11) is 0. The molecular weight excluding hydrogens is 344 g/mol. The lowest BCUT2D eigenvalue weighted by Crippen LogP contribution is -2.51. The molecule has 0 spiro atoms. The van der Waals surface area contributed by atoms with Crippen molar-refractivity contribution in [1.82, 2.24) is 14.9 Å². The normalized spacial score (nSPS) is 15.9. The molecule has 1 aliphatic rings. The number of benzene rings is 1. The fourth-order valence-electron chi connectivity index (χ4n) is 3.27. The van der Waals surface area contributed by atoms with E-state index in [1.165, 1.54) is 6.33 Å². The van der Waals surface area contributed by atoms with Crippen molar-refractivity contribution in [1.29, 1.82) is 0 Å². The summed E-state index contributed by atoms with van der Waals surface area (Å²) < 4.78 is 0. The highest BCUT2D eigenvalue weighted by Crippen LogP contribution is 2.28. The third-order valence-corrected chi connectivity index (χ3v) is 4.73. The van der Waals surface area contributed by atoms with Gasteiger partial charge in [0, 0.05) is 37.8 Å². The fourth-order valence-corrected chi connectivity index (χ4v) is 3.27. The number of anilines is 1. The van der Waals surface area contributed by atoms with Gasteiger partial charge in [0.05, 0.1) is 5.69 Å². The molecular formula is C20H26N4O3. The molecule has 27 heavy (non-hydrogen) atoms. The first-order valence-electron chi connectivity index (χ1n) is 9.28. The molecule has 1 fully saturated rings. The summed E-state index contributed by atoms with van der Waals surface area (Å²) in [6, 6.07) is 8.91. The smallest absolute Gasteiger partial charge is 0.251 e. The largest absolute Gasteiger partial charge is 0.507 e. The van der Waals surface area contributed by atoms with Crippen molar-refractivity contribution in [2.45, 2.75) is 26.4 Å². The molecule has 1 aromatic carbocycles. The van der Waals surface area contributed by atoms with Crippen LogP contribution in [0.3, 0.4) is 0 Å². The van der Waals surface area contributed by atoms with Gasteiger partial charge in [0.15, 0.2) is 0 Å². The van der Waals surface area contributed by atoms with E-state index in [9.17, 15) is 15.0 Å². The number of carbonyl (C=O) groups excluding carboxylic acids is 1. The number of hydrogen-bond acceptors (Lipinski definition) is 6. The molecule has 1 amide bonds. The Hall–Kier alpha value is -2.67. The Morgan fingerprint density at radius 1 is 1.15 bits per heavy atom. The first-order chi connectivity index (χ1) is 13.0. The Morgan fingerprint density at radius 2 is 1.85 bits per heavy atom. The predicted octanol–water partition coefficient (Wildman–Crippen LogP) is 1.90. The summed E-state index contributed by atoms with van der Waals surface area (Å²) in [6.07, 6.45) is 1.04. The fraction of sp³-hybridized carbons (Fsp3) is 0.450. The molecule has 7 heteroatoms.